The van der Waals surface area contributed by atoms with Crippen LogP contribution in [0, 0.1) is 0 Å². The van der Waals surface area contributed by atoms with Gasteiger partial charge in [0.15, 0.2) is 0 Å². The molecule has 0 saturated carbocycles. The van der Waals surface area contributed by atoms with Crippen LogP contribution in [-0.4, -0.2) is 19.8 Å². The van der Waals surface area contributed by atoms with E-state index in [9.17, 15) is 22.5 Å². The Morgan fingerprint density at radius 2 is 1.71 bits per heavy atom. The molecule has 2 saturated heterocycles. The Hall–Kier alpha value is -0.880. The van der Waals surface area contributed by atoms with Crippen LogP contribution in [0.1, 0.15) is 43.2 Å². The van der Waals surface area contributed by atoms with Crippen molar-refractivity contribution in [1.29, 1.82) is 0 Å². The van der Waals surface area contributed by atoms with E-state index < -0.39 is 28.1 Å². The van der Waals surface area contributed by atoms with Crippen molar-refractivity contribution in [2.24, 2.45) is 0 Å². The highest BCUT2D eigenvalue weighted by atomic mass is 32.2. The molecule has 2 atom stereocenters. The summed E-state index contributed by atoms with van der Waals surface area (Å²) in [7, 11) is -1.03. The van der Waals surface area contributed by atoms with Crippen molar-refractivity contribution in [3.05, 3.63) is 35.4 Å². The minimum Gasteiger partial charge on any atom is -0.385 e. The number of fused-ring (bicyclic) bond motifs is 2. The SMILES string of the molecule is O=S1C2CCCC1CC(O)(c1ccccc1C(F)(F)F)C2. The van der Waals surface area contributed by atoms with Crippen LogP contribution in [0.15, 0.2) is 24.3 Å². The van der Waals surface area contributed by atoms with Gasteiger partial charge in [0.2, 0.25) is 0 Å². The molecule has 116 valence electrons. The molecular weight excluding hydrogens is 301 g/mol. The van der Waals surface area contributed by atoms with E-state index in [1.165, 1.54) is 18.2 Å². The van der Waals surface area contributed by atoms with Crippen LogP contribution in [0.2, 0.25) is 0 Å². The maximum Gasteiger partial charge on any atom is 0.416 e. The first-order chi connectivity index (χ1) is 9.81. The topological polar surface area (TPSA) is 37.3 Å². The largest absolute Gasteiger partial charge is 0.416 e. The third kappa shape index (κ3) is 2.63. The fourth-order valence-corrected chi connectivity index (χ4v) is 5.86. The molecule has 2 bridgehead atoms. The van der Waals surface area contributed by atoms with Gasteiger partial charge in [0.25, 0.3) is 0 Å². The molecule has 0 amide bonds. The lowest BCUT2D eigenvalue weighted by Crippen LogP contribution is -2.48. The van der Waals surface area contributed by atoms with E-state index in [1.54, 1.807) is 0 Å². The first kappa shape index (κ1) is 15.0. The van der Waals surface area contributed by atoms with Crippen LogP contribution >= 0.6 is 0 Å². The molecule has 1 aromatic rings. The van der Waals surface area contributed by atoms with E-state index in [-0.39, 0.29) is 28.9 Å². The Bertz CT molecular complexity index is 554. The van der Waals surface area contributed by atoms with Gasteiger partial charge < -0.3 is 5.11 Å². The second-order valence-corrected chi connectivity index (χ2v) is 7.98. The van der Waals surface area contributed by atoms with Gasteiger partial charge in [-0.05, 0) is 37.3 Å². The standard InChI is InChI=1S/C15H17F3O2S/c16-15(17,18)13-7-2-1-6-12(13)14(19)8-10-4-3-5-11(9-14)21(10)20/h1-2,6-7,10-11,19H,3-5,8-9H2. The molecule has 2 nitrogen and oxygen atoms in total. The van der Waals surface area contributed by atoms with Crippen LogP contribution in [0.4, 0.5) is 13.2 Å². The first-order valence-electron chi connectivity index (χ1n) is 7.10. The Labute approximate surface area is 123 Å². The van der Waals surface area contributed by atoms with Crippen molar-refractivity contribution < 1.29 is 22.5 Å². The number of hydrogen-bond donors (Lipinski definition) is 1. The molecule has 1 N–H and O–H groups in total. The zero-order valence-corrected chi connectivity index (χ0v) is 12.2. The van der Waals surface area contributed by atoms with E-state index >= 15 is 0 Å². The molecule has 1 aromatic carbocycles. The van der Waals surface area contributed by atoms with Crippen LogP contribution in [0.3, 0.4) is 0 Å². The zero-order chi connectivity index (χ0) is 15.3. The fraction of sp³-hybridized carbons (Fsp3) is 0.600. The summed E-state index contributed by atoms with van der Waals surface area (Å²) in [4.78, 5) is 0. The Morgan fingerprint density at radius 1 is 1.14 bits per heavy atom. The molecule has 6 heteroatoms. The maximum atomic E-state index is 13.2. The van der Waals surface area contributed by atoms with E-state index in [0.29, 0.717) is 0 Å². The molecule has 0 spiro atoms. The Kier molecular flexibility index (Phi) is 3.64. The highest BCUT2D eigenvalue weighted by molar-refractivity contribution is 7.86. The number of benzene rings is 1. The van der Waals surface area contributed by atoms with Crippen molar-refractivity contribution in [2.45, 2.75) is 54.4 Å². The second kappa shape index (κ2) is 5.09. The van der Waals surface area contributed by atoms with Crippen molar-refractivity contribution in [2.75, 3.05) is 0 Å². The molecule has 2 aliphatic rings. The van der Waals surface area contributed by atoms with Gasteiger partial charge in [0, 0.05) is 21.3 Å². The van der Waals surface area contributed by atoms with Gasteiger partial charge in [-0.15, -0.1) is 0 Å². The minimum atomic E-state index is -4.49. The van der Waals surface area contributed by atoms with Gasteiger partial charge >= 0.3 is 6.18 Å². The molecule has 2 unspecified atom stereocenters. The summed E-state index contributed by atoms with van der Waals surface area (Å²) in [5.74, 6) is 0. The van der Waals surface area contributed by atoms with Gasteiger partial charge in [0.1, 0.15) is 0 Å². The number of alkyl halides is 3. The van der Waals surface area contributed by atoms with Crippen LogP contribution in [-0.2, 0) is 22.6 Å². The third-order valence-corrected chi connectivity index (χ3v) is 6.69. The molecule has 0 aliphatic carbocycles. The zero-order valence-electron chi connectivity index (χ0n) is 11.4. The summed E-state index contributed by atoms with van der Waals surface area (Å²) < 4.78 is 51.7. The quantitative estimate of drug-likeness (QED) is 0.862. The number of aliphatic hydroxyl groups is 1. The predicted molar refractivity (Wildman–Crippen MR) is 74.1 cm³/mol. The van der Waals surface area contributed by atoms with Gasteiger partial charge in [-0.1, -0.05) is 24.6 Å². The summed E-state index contributed by atoms with van der Waals surface area (Å²) in [6, 6.07) is 5.21. The molecular formula is C15H17F3O2S. The lowest BCUT2D eigenvalue weighted by Gasteiger charge is -2.44. The summed E-state index contributed by atoms with van der Waals surface area (Å²) in [5, 5.41) is 10.5. The monoisotopic (exact) mass is 318 g/mol. The summed E-state index contributed by atoms with van der Waals surface area (Å²) in [5.41, 5.74) is -2.36. The number of hydrogen-bond acceptors (Lipinski definition) is 2. The average molecular weight is 318 g/mol. The molecule has 3 rings (SSSR count). The van der Waals surface area contributed by atoms with Gasteiger partial charge in [-0.2, -0.15) is 13.2 Å². The summed E-state index contributed by atoms with van der Waals surface area (Å²) in [6.07, 6.45) is -1.79. The van der Waals surface area contributed by atoms with Crippen molar-refractivity contribution in [3.63, 3.8) is 0 Å². The number of rotatable bonds is 1. The fourth-order valence-electron chi connectivity index (χ4n) is 3.64. The minimum absolute atomic E-state index is 0.0638. The van der Waals surface area contributed by atoms with E-state index in [4.69, 9.17) is 0 Å². The summed E-state index contributed by atoms with van der Waals surface area (Å²) in [6.45, 7) is 0. The van der Waals surface area contributed by atoms with Crippen molar-refractivity contribution >= 4 is 10.8 Å². The van der Waals surface area contributed by atoms with Crippen molar-refractivity contribution in [3.8, 4) is 0 Å². The van der Waals surface area contributed by atoms with E-state index in [0.717, 1.165) is 25.3 Å². The lowest BCUT2D eigenvalue weighted by atomic mass is 9.78. The number of halogens is 3. The normalized spacial score (nSPS) is 36.5. The predicted octanol–water partition coefficient (Wildman–Crippen LogP) is 3.36. The Balaban J connectivity index is 2.02. The second-order valence-electron chi connectivity index (χ2n) is 5.99. The highest BCUT2D eigenvalue weighted by Crippen LogP contribution is 2.47. The summed E-state index contributed by atoms with van der Waals surface area (Å²) >= 11 is 0. The van der Waals surface area contributed by atoms with Gasteiger partial charge in [-0.3, -0.25) is 4.21 Å². The molecule has 21 heavy (non-hydrogen) atoms. The molecule has 2 heterocycles. The maximum absolute atomic E-state index is 13.2. The van der Waals surface area contributed by atoms with Crippen LogP contribution < -0.4 is 0 Å². The van der Waals surface area contributed by atoms with E-state index in [1.807, 2.05) is 0 Å². The van der Waals surface area contributed by atoms with Gasteiger partial charge in [0.05, 0.1) is 11.2 Å². The molecule has 2 fully saturated rings. The van der Waals surface area contributed by atoms with Crippen molar-refractivity contribution in [1.82, 2.24) is 0 Å². The first-order valence-corrected chi connectivity index (χ1v) is 8.37. The lowest BCUT2D eigenvalue weighted by molar-refractivity contribution is -0.141. The van der Waals surface area contributed by atoms with Crippen LogP contribution in [0.25, 0.3) is 0 Å². The highest BCUT2D eigenvalue weighted by Gasteiger charge is 2.49. The average Bonchev–Trinajstić information content (AvgIpc) is 2.40. The smallest absolute Gasteiger partial charge is 0.385 e. The molecule has 2 aliphatic heterocycles. The van der Waals surface area contributed by atoms with Crippen LogP contribution in [0.5, 0.6) is 0 Å². The molecule has 0 aromatic heterocycles. The Morgan fingerprint density at radius 3 is 2.29 bits per heavy atom. The van der Waals surface area contributed by atoms with Gasteiger partial charge in [-0.25, -0.2) is 0 Å². The molecule has 0 radical (unpaired) electrons. The third-order valence-electron chi connectivity index (χ3n) is 4.57. The van der Waals surface area contributed by atoms with E-state index in [2.05, 4.69) is 0 Å².